The van der Waals surface area contributed by atoms with E-state index < -0.39 is 10.0 Å². The second-order valence-electron chi connectivity index (χ2n) is 5.74. The molecule has 26 heavy (non-hydrogen) atoms. The van der Waals surface area contributed by atoms with Gasteiger partial charge in [0.05, 0.1) is 5.69 Å². The Labute approximate surface area is 164 Å². The van der Waals surface area contributed by atoms with Crippen molar-refractivity contribution in [1.29, 1.82) is 0 Å². The smallest absolute Gasteiger partial charge is 0.265 e. The molecule has 0 saturated heterocycles. The number of nitrogens with one attached hydrogen (secondary N) is 1. The van der Waals surface area contributed by atoms with Crippen LogP contribution in [0.5, 0.6) is 0 Å². The molecular weight excluding hydrogens is 436 g/mol. The molecule has 0 atom stereocenters. The van der Waals surface area contributed by atoms with Crippen LogP contribution in [0, 0.1) is 13.8 Å². The zero-order valence-electron chi connectivity index (χ0n) is 14.2. The van der Waals surface area contributed by atoms with Crippen LogP contribution in [0.1, 0.15) is 21.7 Å². The fraction of sp³-hybridized carbons (Fsp3) is 0.167. The molecule has 0 bridgehead atoms. The Hall–Kier alpha value is -1.90. The molecule has 0 saturated carbocycles. The van der Waals surface area contributed by atoms with E-state index in [2.05, 4.69) is 25.8 Å². The van der Waals surface area contributed by atoms with E-state index in [4.69, 9.17) is 4.52 Å². The maximum absolute atomic E-state index is 12.7. The molecule has 0 aliphatic carbocycles. The number of hydrogen-bond acceptors (Lipinski definition) is 5. The number of anilines is 1. The van der Waals surface area contributed by atoms with Gasteiger partial charge in [-0.2, -0.15) is 0 Å². The summed E-state index contributed by atoms with van der Waals surface area (Å²) in [4.78, 5) is 1.00. The van der Waals surface area contributed by atoms with Gasteiger partial charge in [-0.25, -0.2) is 13.1 Å². The summed E-state index contributed by atoms with van der Waals surface area (Å²) in [6.45, 7) is 3.76. The van der Waals surface area contributed by atoms with Gasteiger partial charge < -0.3 is 4.52 Å². The van der Waals surface area contributed by atoms with Crippen LogP contribution in [0.3, 0.4) is 0 Å². The van der Waals surface area contributed by atoms with Crippen molar-refractivity contribution >= 4 is 49.3 Å². The van der Waals surface area contributed by atoms with Gasteiger partial charge in [0.1, 0.15) is 9.37 Å². The molecule has 2 aromatic heterocycles. The number of halogens is 1. The predicted molar refractivity (Wildman–Crippen MR) is 108 cm³/mol. The van der Waals surface area contributed by atoms with E-state index >= 15 is 0 Å². The normalized spacial score (nSPS) is 12.0. The molecule has 0 amide bonds. The van der Waals surface area contributed by atoms with Crippen molar-refractivity contribution in [3.8, 4) is 0 Å². The number of sulfonamides is 1. The molecule has 0 spiro atoms. The van der Waals surface area contributed by atoms with E-state index in [1.54, 1.807) is 18.4 Å². The Morgan fingerprint density at radius 3 is 2.62 bits per heavy atom. The molecule has 0 unspecified atom stereocenters. The zero-order valence-corrected chi connectivity index (χ0v) is 17.4. The molecule has 1 N–H and O–H groups in total. The van der Waals surface area contributed by atoms with Crippen molar-refractivity contribution in [3.63, 3.8) is 0 Å². The number of benzene rings is 1. The lowest BCUT2D eigenvalue weighted by Gasteiger charge is -2.05. The number of rotatable bonds is 6. The van der Waals surface area contributed by atoms with E-state index in [1.807, 2.05) is 43.3 Å². The molecule has 0 aliphatic rings. The third-order valence-corrected chi connectivity index (χ3v) is 7.12. The fourth-order valence-electron chi connectivity index (χ4n) is 2.30. The highest BCUT2D eigenvalue weighted by molar-refractivity contribution is 9.10. The molecule has 5 nitrogen and oxygen atoms in total. The van der Waals surface area contributed by atoms with Gasteiger partial charge in [0.2, 0.25) is 0 Å². The molecule has 3 rings (SSSR count). The number of nitrogens with zero attached hydrogens (tertiary/aromatic N) is 1. The maximum Gasteiger partial charge on any atom is 0.265 e. The Morgan fingerprint density at radius 2 is 1.96 bits per heavy atom. The highest BCUT2D eigenvalue weighted by Gasteiger charge is 2.23. The average molecular weight is 453 g/mol. The standard InChI is InChI=1S/C18H17BrN2O3S2/c1-12-6-8-14(9-7-12)4-3-5-15-16(10-11-25-15)26(22,23)21-18-17(19)13(2)20-24-18/h3-4,6-11,21H,5H2,1-2H3. The Balaban J connectivity index is 1.77. The first kappa shape index (κ1) is 18.9. The largest absolute Gasteiger partial charge is 0.336 e. The number of allylic oxidation sites excluding steroid dienone is 1. The first-order valence-electron chi connectivity index (χ1n) is 7.81. The van der Waals surface area contributed by atoms with Crippen LogP contribution in [-0.4, -0.2) is 13.6 Å². The summed E-state index contributed by atoms with van der Waals surface area (Å²) in [6, 6.07) is 9.75. The second kappa shape index (κ2) is 7.77. The van der Waals surface area contributed by atoms with Crippen molar-refractivity contribution < 1.29 is 12.9 Å². The summed E-state index contributed by atoms with van der Waals surface area (Å²) in [5.74, 6) is 0.0786. The highest BCUT2D eigenvalue weighted by Crippen LogP contribution is 2.30. The minimum absolute atomic E-state index is 0.0786. The third-order valence-electron chi connectivity index (χ3n) is 3.70. The molecule has 0 aliphatic heterocycles. The van der Waals surface area contributed by atoms with Crippen LogP contribution in [0.15, 0.2) is 55.7 Å². The van der Waals surface area contributed by atoms with Gasteiger partial charge in [-0.05, 0) is 46.8 Å². The van der Waals surface area contributed by atoms with Gasteiger partial charge in [0.15, 0.2) is 0 Å². The first-order valence-corrected chi connectivity index (χ1v) is 11.0. The summed E-state index contributed by atoms with van der Waals surface area (Å²) in [7, 11) is -3.75. The van der Waals surface area contributed by atoms with Gasteiger partial charge in [0.25, 0.3) is 15.9 Å². The summed E-state index contributed by atoms with van der Waals surface area (Å²) in [5.41, 5.74) is 2.86. The summed E-state index contributed by atoms with van der Waals surface area (Å²) in [5, 5.41) is 5.50. The second-order valence-corrected chi connectivity index (χ2v) is 9.19. The van der Waals surface area contributed by atoms with Gasteiger partial charge >= 0.3 is 0 Å². The molecule has 0 fully saturated rings. The van der Waals surface area contributed by atoms with Crippen LogP contribution >= 0.6 is 27.3 Å². The van der Waals surface area contributed by atoms with E-state index in [1.165, 1.54) is 16.9 Å². The minimum Gasteiger partial charge on any atom is -0.336 e. The summed E-state index contributed by atoms with van der Waals surface area (Å²) < 4.78 is 33.3. The summed E-state index contributed by atoms with van der Waals surface area (Å²) in [6.07, 6.45) is 4.47. The number of aryl methyl sites for hydroxylation is 2. The van der Waals surface area contributed by atoms with Crippen molar-refractivity contribution in [1.82, 2.24) is 5.16 Å². The zero-order chi connectivity index (χ0) is 18.7. The SMILES string of the molecule is Cc1ccc(C=CCc2sccc2S(=O)(=O)Nc2onc(C)c2Br)cc1. The Morgan fingerprint density at radius 1 is 1.23 bits per heavy atom. The molecule has 1 aromatic carbocycles. The van der Waals surface area contributed by atoms with Crippen LogP contribution in [0.25, 0.3) is 6.08 Å². The van der Waals surface area contributed by atoms with E-state index in [9.17, 15) is 8.42 Å². The van der Waals surface area contributed by atoms with E-state index in [0.717, 1.165) is 10.4 Å². The fourth-order valence-corrected chi connectivity index (χ4v) is 5.10. The molecule has 136 valence electrons. The molecule has 2 heterocycles. The number of hydrogen-bond donors (Lipinski definition) is 1. The lowest BCUT2D eigenvalue weighted by atomic mass is 10.1. The van der Waals surface area contributed by atoms with Crippen molar-refractivity contribution in [3.05, 3.63) is 68.0 Å². The van der Waals surface area contributed by atoms with Gasteiger partial charge in [0, 0.05) is 11.3 Å². The summed E-state index contributed by atoms with van der Waals surface area (Å²) >= 11 is 4.67. The van der Waals surface area contributed by atoms with Crippen molar-refractivity contribution in [2.75, 3.05) is 4.72 Å². The topological polar surface area (TPSA) is 72.2 Å². The average Bonchev–Trinajstić information content (AvgIpc) is 3.19. The van der Waals surface area contributed by atoms with Crippen LogP contribution in [0.2, 0.25) is 0 Å². The Bertz CT molecular complexity index is 1030. The lowest BCUT2D eigenvalue weighted by molar-refractivity contribution is 0.430. The minimum atomic E-state index is -3.75. The third kappa shape index (κ3) is 4.25. The van der Waals surface area contributed by atoms with Gasteiger partial charge in [-0.15, -0.1) is 11.3 Å². The van der Waals surface area contributed by atoms with Crippen molar-refractivity contribution in [2.24, 2.45) is 0 Å². The van der Waals surface area contributed by atoms with Crippen LogP contribution in [-0.2, 0) is 16.4 Å². The molecule has 3 aromatic rings. The van der Waals surface area contributed by atoms with Gasteiger partial charge in [-0.3, -0.25) is 0 Å². The molecular formula is C18H17BrN2O3S2. The van der Waals surface area contributed by atoms with E-state index in [0.29, 0.717) is 16.6 Å². The van der Waals surface area contributed by atoms with Crippen molar-refractivity contribution in [2.45, 2.75) is 25.2 Å². The number of thiophene rings is 1. The maximum atomic E-state index is 12.7. The quantitative estimate of drug-likeness (QED) is 0.559. The Kier molecular flexibility index (Phi) is 5.64. The van der Waals surface area contributed by atoms with Crippen LogP contribution in [0.4, 0.5) is 5.88 Å². The van der Waals surface area contributed by atoms with E-state index in [-0.39, 0.29) is 10.8 Å². The highest BCUT2D eigenvalue weighted by atomic mass is 79.9. The first-order chi connectivity index (χ1) is 12.4. The van der Waals surface area contributed by atoms with Gasteiger partial charge in [-0.1, -0.05) is 47.1 Å². The molecule has 0 radical (unpaired) electrons. The lowest BCUT2D eigenvalue weighted by Crippen LogP contribution is -2.13. The number of aromatic nitrogens is 1. The molecule has 8 heteroatoms. The monoisotopic (exact) mass is 452 g/mol. The van der Waals surface area contributed by atoms with Crippen LogP contribution < -0.4 is 4.72 Å². The predicted octanol–water partition coefficient (Wildman–Crippen LogP) is 5.17.